The number of carbonyl (C=O) groups is 4. The fourth-order valence-corrected chi connectivity index (χ4v) is 9.93. The van der Waals surface area contributed by atoms with E-state index in [4.69, 9.17) is 24.7 Å². The van der Waals surface area contributed by atoms with Gasteiger partial charge >= 0.3 is 12.2 Å². The molecule has 0 unspecified atom stereocenters. The van der Waals surface area contributed by atoms with E-state index in [9.17, 15) is 36.4 Å². The van der Waals surface area contributed by atoms with Crippen LogP contribution in [0.2, 0.25) is 0 Å². The number of halogens is 2. The molecule has 0 spiro atoms. The summed E-state index contributed by atoms with van der Waals surface area (Å²) < 4.78 is 77.3. The maximum absolute atomic E-state index is 13.8. The third-order valence-corrected chi connectivity index (χ3v) is 14.8. The van der Waals surface area contributed by atoms with E-state index < -0.39 is 38.8 Å². The van der Waals surface area contributed by atoms with E-state index in [0.29, 0.717) is 91.3 Å². The number of aryl methyl sites for hydroxylation is 2. The second kappa shape index (κ2) is 28.3. The molecule has 10 rings (SSSR count). The molecule has 2 amide bonds. The molecule has 0 atom stereocenters. The lowest BCUT2D eigenvalue weighted by Gasteiger charge is -2.19. The van der Waals surface area contributed by atoms with Crippen LogP contribution in [0.4, 0.5) is 24.1 Å². The summed E-state index contributed by atoms with van der Waals surface area (Å²) in [6.45, 7) is 16.8. The number of fused-ring (bicyclic) bond motifs is 2. The maximum atomic E-state index is 13.8. The Morgan fingerprint density at radius 1 is 0.614 bits per heavy atom. The Balaban J connectivity index is 0.000000195. The molecular weight excluding hydrogens is 1150 g/mol. The van der Waals surface area contributed by atoms with Gasteiger partial charge in [0.15, 0.2) is 32.7 Å². The Kier molecular flexibility index (Phi) is 21.0. The summed E-state index contributed by atoms with van der Waals surface area (Å²) in [7, 11) is -3.68. The number of benzene rings is 4. The van der Waals surface area contributed by atoms with Crippen LogP contribution in [0.1, 0.15) is 125 Å². The largest absolute Gasteiger partial charge is 0.444 e. The molecule has 0 radical (unpaired) electrons. The number of hydrogen-bond donors (Lipinski definition) is 4. The highest BCUT2D eigenvalue weighted by Gasteiger charge is 2.28. The molecular formula is C65H76F2N10O10S. The van der Waals surface area contributed by atoms with Gasteiger partial charge in [-0.05, 0) is 160 Å². The quantitative estimate of drug-likeness (QED) is 0.0385. The number of imidazole rings is 2. The normalized spacial score (nSPS) is 13.1. The smallest absolute Gasteiger partial charge is 0.407 e. The summed E-state index contributed by atoms with van der Waals surface area (Å²) in [5.74, 6) is 1.14. The lowest BCUT2D eigenvalue weighted by atomic mass is 9.98. The minimum absolute atomic E-state index is 0.0225. The average molecular weight is 1230 g/mol. The molecule has 2 aliphatic carbocycles. The molecule has 2 aliphatic rings. The van der Waals surface area contributed by atoms with E-state index in [0.717, 1.165) is 66.2 Å². The zero-order chi connectivity index (χ0) is 63.5. The molecule has 88 heavy (non-hydrogen) atoms. The van der Waals surface area contributed by atoms with Crippen molar-refractivity contribution in [2.24, 2.45) is 17.6 Å². The molecule has 466 valence electrons. The third kappa shape index (κ3) is 18.8. The van der Waals surface area contributed by atoms with E-state index in [1.807, 2.05) is 79.7 Å². The van der Waals surface area contributed by atoms with Crippen molar-refractivity contribution >= 4 is 50.6 Å². The molecule has 4 heterocycles. The maximum Gasteiger partial charge on any atom is 0.407 e. The number of rotatable bonds is 21. The fraction of sp³-hybridized carbons (Fsp3) is 0.385. The number of nitrogens with zero attached hydrogens (tertiary/aromatic N) is 6. The topological polar surface area (TPSA) is 262 Å². The summed E-state index contributed by atoms with van der Waals surface area (Å²) in [5.41, 5.74) is 11.6. The Morgan fingerprint density at radius 2 is 1.07 bits per heavy atom. The zero-order valence-corrected chi connectivity index (χ0v) is 51.9. The first-order valence-electron chi connectivity index (χ1n) is 29.2. The highest BCUT2D eigenvalue weighted by atomic mass is 32.2. The molecule has 2 fully saturated rings. The minimum atomic E-state index is -3.68. The van der Waals surface area contributed by atoms with Crippen LogP contribution in [0.3, 0.4) is 0 Å². The van der Waals surface area contributed by atoms with Gasteiger partial charge in [0.2, 0.25) is 11.8 Å². The summed E-state index contributed by atoms with van der Waals surface area (Å²) in [6.07, 6.45) is 10.5. The van der Waals surface area contributed by atoms with Crippen molar-refractivity contribution < 1.29 is 55.3 Å². The first-order chi connectivity index (χ1) is 41.7. The van der Waals surface area contributed by atoms with Crippen LogP contribution >= 0.6 is 0 Å². The summed E-state index contributed by atoms with van der Waals surface area (Å²) in [5, 5.41) is 17.8. The predicted molar refractivity (Wildman–Crippen MR) is 331 cm³/mol. The van der Waals surface area contributed by atoms with Gasteiger partial charge in [0.05, 0.1) is 29.5 Å². The number of amides is 2. The van der Waals surface area contributed by atoms with Gasteiger partial charge in [-0.25, -0.2) is 45.8 Å². The highest BCUT2D eigenvalue weighted by molar-refractivity contribution is 7.91. The van der Waals surface area contributed by atoms with Gasteiger partial charge in [-0.2, -0.15) is 0 Å². The van der Waals surface area contributed by atoms with Crippen LogP contribution in [0, 0.1) is 37.3 Å². The van der Waals surface area contributed by atoms with Crippen LogP contribution in [0.5, 0.6) is 23.3 Å². The number of nitrogens with one attached hydrogen (secondary N) is 3. The summed E-state index contributed by atoms with van der Waals surface area (Å²) >= 11 is 0. The van der Waals surface area contributed by atoms with E-state index in [2.05, 4.69) is 36.1 Å². The Bertz CT molecular complexity index is 3940. The number of alkyl carbamates (subject to hydrolysis) is 2. The van der Waals surface area contributed by atoms with Crippen molar-refractivity contribution in [3.63, 3.8) is 0 Å². The SMILES string of the molecule is CC(C)(C)OC(=O)NCCCN.Cc1cc(-c2cnc3c(NCCCNC(=O)OC(C)(C)C)cc(Oc4cccc(F)c4)nn23)ccc1C(=O)CC1CC1.Cc1cc(-c2cnc3c(S(C)(=O)=O)cc(Oc4cccc(F)c4)nn23)ccc1C(=O)CC1CC1. The molecule has 5 N–H and O–H groups in total. The number of ether oxygens (including phenoxy) is 4. The second-order valence-electron chi connectivity index (χ2n) is 23.9. The fourth-order valence-electron chi connectivity index (χ4n) is 9.15. The number of Topliss-reactive ketones (excluding diaryl/α,β-unsaturated/α-hetero) is 2. The Labute approximate surface area is 510 Å². The molecule has 23 heteroatoms. The van der Waals surface area contributed by atoms with Gasteiger partial charge < -0.3 is 40.6 Å². The number of nitrogens with two attached hydrogens (primary N) is 1. The number of anilines is 1. The van der Waals surface area contributed by atoms with Crippen molar-refractivity contribution in [1.29, 1.82) is 0 Å². The van der Waals surface area contributed by atoms with E-state index in [1.165, 1.54) is 47.1 Å². The van der Waals surface area contributed by atoms with Gasteiger partial charge in [-0.1, -0.05) is 36.4 Å². The van der Waals surface area contributed by atoms with Gasteiger partial charge in [0.1, 0.15) is 39.2 Å². The molecule has 0 aliphatic heterocycles. The molecule has 4 aromatic carbocycles. The Morgan fingerprint density at radius 3 is 1.50 bits per heavy atom. The van der Waals surface area contributed by atoms with Crippen LogP contribution in [0.15, 0.2) is 114 Å². The summed E-state index contributed by atoms with van der Waals surface area (Å²) in [4.78, 5) is 57.1. The minimum Gasteiger partial charge on any atom is -0.444 e. The number of aromatic nitrogens is 6. The summed E-state index contributed by atoms with van der Waals surface area (Å²) in [6, 6.07) is 25.5. The second-order valence-corrected chi connectivity index (χ2v) is 25.9. The van der Waals surface area contributed by atoms with Crippen molar-refractivity contribution in [3.05, 3.63) is 143 Å². The van der Waals surface area contributed by atoms with Crippen LogP contribution < -0.4 is 31.2 Å². The van der Waals surface area contributed by atoms with Crippen molar-refractivity contribution in [2.45, 2.75) is 123 Å². The van der Waals surface area contributed by atoms with Crippen LogP contribution in [0.25, 0.3) is 33.8 Å². The standard InChI is InChI=1S/C32H36FN5O4.C25H22FN3O4S.C8H18N2O2/c1-20-15-22(11-12-25(20)28(39)16-21-9-10-21)27-19-36-30-26(34-13-6-14-35-31(40)42-32(2,3)4)18-29(37-38(27)30)41-24-8-5-7-23(33)17-24;1-15-10-17(8-9-20(15)22(30)11-16-6-7-16)21-14-27-25-23(34(2,31)32)13-24(28-29(21)25)33-19-5-3-4-18(26)12-19;1-8(2,3)12-7(11)10-6-4-5-9/h5,7-8,11-12,15,17-19,21,34H,6,9-10,13-14,16H2,1-4H3,(H,35,40);3-5,8-10,12-14,16H,6-7,11H2,1-2H3;4-6,9H2,1-3H3,(H,10,11). The lowest BCUT2D eigenvalue weighted by Crippen LogP contribution is -2.33. The molecule has 2 saturated carbocycles. The highest BCUT2D eigenvalue weighted by Crippen LogP contribution is 2.37. The lowest BCUT2D eigenvalue weighted by molar-refractivity contribution is 0.0516. The Hall–Kier alpha value is -8.83. The van der Waals surface area contributed by atoms with E-state index >= 15 is 0 Å². The zero-order valence-electron chi connectivity index (χ0n) is 51.0. The number of hydrogen-bond acceptors (Lipinski definition) is 16. The van der Waals surface area contributed by atoms with E-state index in [-0.39, 0.29) is 45.7 Å². The van der Waals surface area contributed by atoms with Gasteiger partial charge in [-0.3, -0.25) is 9.59 Å². The first-order valence-corrected chi connectivity index (χ1v) is 31.1. The molecule has 0 saturated heterocycles. The van der Waals surface area contributed by atoms with Crippen molar-refractivity contribution in [3.8, 4) is 45.8 Å². The first kappa shape index (κ1) is 65.2. The van der Waals surface area contributed by atoms with Crippen molar-refractivity contribution in [2.75, 3.05) is 37.8 Å². The molecule has 0 bridgehead atoms. The van der Waals surface area contributed by atoms with E-state index in [1.54, 1.807) is 47.1 Å². The van der Waals surface area contributed by atoms with Gasteiger partial charge in [0.25, 0.3) is 0 Å². The number of ketones is 2. The predicted octanol–water partition coefficient (Wildman–Crippen LogP) is 12.8. The number of sulfone groups is 1. The number of carbonyl (C=O) groups excluding carboxylic acids is 4. The van der Waals surface area contributed by atoms with Crippen molar-refractivity contribution in [1.82, 2.24) is 39.8 Å². The molecule has 20 nitrogen and oxygen atoms in total. The monoisotopic (exact) mass is 1230 g/mol. The average Bonchev–Trinajstić information content (AvgIpc) is 1.99. The molecule has 8 aromatic rings. The molecule has 4 aromatic heterocycles. The van der Waals surface area contributed by atoms with Gasteiger partial charge in [-0.15, -0.1) is 10.2 Å². The third-order valence-electron chi connectivity index (χ3n) is 13.7. The van der Waals surface area contributed by atoms with Crippen LogP contribution in [-0.2, 0) is 19.3 Å². The van der Waals surface area contributed by atoms with Gasteiger partial charge in [0, 0.05) is 85.3 Å². The van der Waals surface area contributed by atoms with Crippen LogP contribution in [-0.4, -0.2) is 105 Å².